The monoisotopic (exact) mass is 882 g/mol. The molecule has 3 heteroatoms. The molecule has 3 aromatic carbocycles. The first-order valence-electron chi connectivity index (χ1n) is 9.07. The van der Waals surface area contributed by atoms with Gasteiger partial charge < -0.3 is 0 Å². The zero-order valence-electron chi connectivity index (χ0n) is 16.3. The molecule has 29 heavy (non-hydrogen) atoms. The summed E-state index contributed by atoms with van der Waals surface area (Å²) in [5.41, 5.74) is 12.9. The van der Waals surface area contributed by atoms with E-state index in [-0.39, 0.29) is 63.2 Å². The first-order chi connectivity index (χ1) is 12.7. The van der Waals surface area contributed by atoms with Gasteiger partial charge in [-0.25, -0.2) is 22.3 Å². The van der Waals surface area contributed by atoms with Crippen molar-refractivity contribution < 1.29 is 63.2 Å². The number of hydrogen-bond donors (Lipinski definition) is 0. The van der Waals surface area contributed by atoms with Crippen molar-refractivity contribution in [3.63, 3.8) is 0 Å². The summed E-state index contributed by atoms with van der Waals surface area (Å²) in [5, 5.41) is 0. The number of hydrogen-bond acceptors (Lipinski definition) is 0. The van der Waals surface area contributed by atoms with Gasteiger partial charge in [-0.3, -0.25) is 0 Å². The van der Waals surface area contributed by atoms with Gasteiger partial charge in [-0.15, -0.1) is 12.1 Å². The summed E-state index contributed by atoms with van der Waals surface area (Å²) < 4.78 is 0. The molecule has 0 radical (unpaired) electrons. The number of benzene rings is 3. The van der Waals surface area contributed by atoms with Crippen LogP contribution in [0.4, 0.5) is 0 Å². The van der Waals surface area contributed by atoms with E-state index in [9.17, 15) is 0 Å². The van der Waals surface area contributed by atoms with Crippen LogP contribution in [-0.2, 0) is 76.0 Å². The van der Waals surface area contributed by atoms with Gasteiger partial charge >= 0.3 is 42.1 Å². The Morgan fingerprint density at radius 2 is 1.07 bits per heavy atom. The molecule has 0 heterocycles. The molecule has 0 saturated heterocycles. The molecule has 0 fully saturated rings. The van der Waals surface area contributed by atoms with Gasteiger partial charge in [0, 0.05) is 21.1 Å². The molecule has 0 bridgehead atoms. The average Bonchev–Trinajstić information content (AvgIpc) is 3.33. The average molecular weight is 882 g/mol. The topological polar surface area (TPSA) is 0 Å². The van der Waals surface area contributed by atoms with Crippen LogP contribution in [0.5, 0.6) is 0 Å². The molecular formula is C26H18W3. The van der Waals surface area contributed by atoms with E-state index >= 15 is 0 Å². The third kappa shape index (κ3) is 4.33. The van der Waals surface area contributed by atoms with Crippen molar-refractivity contribution in [2.45, 2.75) is 26.7 Å². The third-order valence-electron chi connectivity index (χ3n) is 5.59. The molecule has 0 aliphatic heterocycles. The van der Waals surface area contributed by atoms with Crippen molar-refractivity contribution in [2.75, 3.05) is 0 Å². The maximum absolute atomic E-state index is 3.68. The van der Waals surface area contributed by atoms with Gasteiger partial charge in [-0.05, 0) is 0 Å². The van der Waals surface area contributed by atoms with Gasteiger partial charge in [-0.2, -0.15) is 94.1 Å². The minimum atomic E-state index is 0. The molecule has 0 N–H and O–H groups in total. The molecule has 0 unspecified atom stereocenters. The second-order valence-electron chi connectivity index (χ2n) is 7.07. The van der Waals surface area contributed by atoms with Gasteiger partial charge in [0.25, 0.3) is 0 Å². The van der Waals surface area contributed by atoms with Gasteiger partial charge in [0.1, 0.15) is 0 Å². The van der Waals surface area contributed by atoms with Gasteiger partial charge in [0.05, 0.1) is 0 Å². The van der Waals surface area contributed by atoms with Crippen molar-refractivity contribution >= 4 is 11.1 Å². The van der Waals surface area contributed by atoms with E-state index in [2.05, 4.69) is 62.4 Å². The van der Waals surface area contributed by atoms with Crippen LogP contribution in [0.3, 0.4) is 0 Å². The Kier molecular flexibility index (Phi) is 8.45. The Morgan fingerprint density at radius 1 is 0.655 bits per heavy atom. The molecule has 0 spiro atoms. The fraction of sp³-hybridized carbons (Fsp3) is 0.154. The Labute approximate surface area is 216 Å². The molecule has 2 aliphatic rings. The van der Waals surface area contributed by atoms with Crippen LogP contribution in [0.25, 0.3) is 11.1 Å². The minimum absolute atomic E-state index is 0. The number of allylic oxidation sites excluding steroid dienone is 2. The molecule has 3 aromatic rings. The summed E-state index contributed by atoms with van der Waals surface area (Å²) in [5.74, 6) is 0. The molecule has 2 aliphatic carbocycles. The summed E-state index contributed by atoms with van der Waals surface area (Å²) in [6.45, 7) is 4.47. The predicted molar refractivity (Wildman–Crippen MR) is 105 cm³/mol. The van der Waals surface area contributed by atoms with E-state index < -0.39 is 0 Å². The second-order valence-corrected chi connectivity index (χ2v) is 7.07. The Balaban J connectivity index is 0.000001000. The van der Waals surface area contributed by atoms with E-state index in [1.54, 1.807) is 0 Å². The summed E-state index contributed by atoms with van der Waals surface area (Å²) in [4.78, 5) is 0. The van der Waals surface area contributed by atoms with Gasteiger partial charge in [-0.1, -0.05) is 26.7 Å². The molecule has 5 rings (SSSR count). The van der Waals surface area contributed by atoms with E-state index in [4.69, 9.17) is 0 Å². The second kappa shape index (κ2) is 10.0. The summed E-state index contributed by atoms with van der Waals surface area (Å²) in [6, 6.07) is 23.1. The smallest absolute Gasteiger partial charge is 0.222 e. The molecule has 0 aromatic heterocycles. The molecule has 0 amide bonds. The molecule has 0 saturated carbocycles. The van der Waals surface area contributed by atoms with Crippen LogP contribution >= 0.6 is 0 Å². The zero-order chi connectivity index (χ0) is 17.7. The number of rotatable bonds is 2. The fourth-order valence-electron chi connectivity index (χ4n) is 4.14. The molecule has 0 atom stereocenters. The Bertz CT molecular complexity index is 989. The maximum atomic E-state index is 3.68. The number of fused-ring (bicyclic) bond motifs is 2. The molecule has 140 valence electrons. The SMILES string of the molecule is Cc1c2c(c(C)c3c1CC(c1[c-]cccc1)=[C-]3)CC(c1[c-]cccc1)=[C-]2.[W+2].[W+2].[W]. The van der Waals surface area contributed by atoms with E-state index in [0.29, 0.717) is 0 Å². The predicted octanol–water partition coefficient (Wildman–Crippen LogP) is 5.48. The van der Waals surface area contributed by atoms with Crippen molar-refractivity contribution in [3.8, 4) is 0 Å². The van der Waals surface area contributed by atoms with E-state index in [0.717, 1.165) is 24.0 Å². The third-order valence-corrected chi connectivity index (χ3v) is 5.59. The van der Waals surface area contributed by atoms with E-state index in [1.807, 2.05) is 24.3 Å². The first kappa shape index (κ1) is 24.5. The van der Waals surface area contributed by atoms with E-state index in [1.165, 1.54) is 44.5 Å². The van der Waals surface area contributed by atoms with Crippen molar-refractivity contribution in [2.24, 2.45) is 0 Å². The van der Waals surface area contributed by atoms with Crippen LogP contribution in [0.2, 0.25) is 0 Å². The van der Waals surface area contributed by atoms with Crippen LogP contribution in [0, 0.1) is 38.1 Å². The van der Waals surface area contributed by atoms with Crippen LogP contribution in [0.1, 0.15) is 44.5 Å². The van der Waals surface area contributed by atoms with Crippen LogP contribution in [0.15, 0.2) is 48.5 Å². The standard InChI is InChI=1S/C26H18.3W/c1-17-23-13-21(19-9-5-3-6-10-19)15-25(23)18(2)26-16-22(14-24(17)26)20-11-7-4-8-12-20;;;/h3-9,11H,13,16H2,1-2H3;;;/q-4;;2*+2. The first-order valence-corrected chi connectivity index (χ1v) is 9.07. The fourth-order valence-corrected chi connectivity index (χ4v) is 4.14. The van der Waals surface area contributed by atoms with Gasteiger partial charge in [0.15, 0.2) is 0 Å². The zero-order valence-corrected chi connectivity index (χ0v) is 25.1. The molecule has 0 nitrogen and oxygen atoms in total. The van der Waals surface area contributed by atoms with Crippen molar-refractivity contribution in [1.29, 1.82) is 0 Å². The van der Waals surface area contributed by atoms with Crippen molar-refractivity contribution in [1.82, 2.24) is 0 Å². The normalized spacial score (nSPS) is 13.2. The summed E-state index contributed by atoms with van der Waals surface area (Å²) in [7, 11) is 0. The van der Waals surface area contributed by atoms with Crippen molar-refractivity contribution in [3.05, 3.63) is 117 Å². The Hall–Kier alpha value is -0.795. The van der Waals surface area contributed by atoms with Gasteiger partial charge in [0.2, 0.25) is 0 Å². The largest absolute Gasteiger partial charge is 2.00 e. The van der Waals surface area contributed by atoms with Crippen LogP contribution < -0.4 is 0 Å². The quantitative estimate of drug-likeness (QED) is 0.300. The maximum Gasteiger partial charge on any atom is 2.00 e. The summed E-state index contributed by atoms with van der Waals surface area (Å²) in [6.07, 6.45) is 9.24. The van der Waals surface area contributed by atoms with Crippen LogP contribution in [-0.4, -0.2) is 0 Å². The Morgan fingerprint density at radius 3 is 1.41 bits per heavy atom. The summed E-state index contributed by atoms with van der Waals surface area (Å²) >= 11 is 0. The minimum Gasteiger partial charge on any atom is -0.222 e. The molecular weight excluding hydrogens is 864 g/mol.